The van der Waals surface area contributed by atoms with E-state index in [4.69, 9.17) is 4.74 Å². The van der Waals surface area contributed by atoms with Gasteiger partial charge in [-0.05, 0) is 55.7 Å². The predicted molar refractivity (Wildman–Crippen MR) is 116 cm³/mol. The van der Waals surface area contributed by atoms with E-state index in [2.05, 4.69) is 27.7 Å². The SMILES string of the molecule is CCOC(=O)/C=C/c1ccc(NC(=O)NC2CCN(c3ccccc3)CC2)cc1. The van der Waals surface area contributed by atoms with E-state index < -0.39 is 0 Å². The Morgan fingerprint density at radius 3 is 2.41 bits per heavy atom. The molecule has 0 unspecified atom stereocenters. The molecule has 152 valence electrons. The lowest BCUT2D eigenvalue weighted by Crippen LogP contribution is -2.46. The topological polar surface area (TPSA) is 70.7 Å². The Kier molecular flexibility index (Phi) is 7.28. The summed E-state index contributed by atoms with van der Waals surface area (Å²) in [6.45, 7) is 3.98. The minimum absolute atomic E-state index is 0.168. The number of para-hydroxylation sites is 1. The molecule has 2 aromatic carbocycles. The van der Waals surface area contributed by atoms with Crippen LogP contribution in [0.25, 0.3) is 6.08 Å². The number of nitrogens with one attached hydrogen (secondary N) is 2. The van der Waals surface area contributed by atoms with Gasteiger partial charge in [0.25, 0.3) is 0 Å². The summed E-state index contributed by atoms with van der Waals surface area (Å²) in [7, 11) is 0. The lowest BCUT2D eigenvalue weighted by Gasteiger charge is -2.33. The first-order chi connectivity index (χ1) is 14.1. The zero-order chi connectivity index (χ0) is 20.5. The van der Waals surface area contributed by atoms with Crippen molar-refractivity contribution in [1.82, 2.24) is 5.32 Å². The summed E-state index contributed by atoms with van der Waals surface area (Å²) in [4.78, 5) is 26.0. The van der Waals surface area contributed by atoms with E-state index in [0.717, 1.165) is 31.5 Å². The van der Waals surface area contributed by atoms with Crippen molar-refractivity contribution in [2.45, 2.75) is 25.8 Å². The Hall–Kier alpha value is -3.28. The highest BCUT2D eigenvalue weighted by Gasteiger charge is 2.20. The summed E-state index contributed by atoms with van der Waals surface area (Å²) >= 11 is 0. The van der Waals surface area contributed by atoms with Crippen LogP contribution in [-0.2, 0) is 9.53 Å². The molecule has 0 aliphatic carbocycles. The molecule has 6 nitrogen and oxygen atoms in total. The summed E-state index contributed by atoms with van der Waals surface area (Å²) in [5.41, 5.74) is 2.79. The Labute approximate surface area is 171 Å². The van der Waals surface area contributed by atoms with Crippen LogP contribution in [0, 0.1) is 0 Å². The van der Waals surface area contributed by atoms with Crippen molar-refractivity contribution in [2.75, 3.05) is 29.9 Å². The second-order valence-electron chi connectivity index (χ2n) is 6.90. The fourth-order valence-corrected chi connectivity index (χ4v) is 3.31. The first-order valence-electron chi connectivity index (χ1n) is 9.96. The minimum Gasteiger partial charge on any atom is -0.463 e. The van der Waals surface area contributed by atoms with E-state index in [1.54, 1.807) is 13.0 Å². The number of carbonyl (C=O) groups is 2. The van der Waals surface area contributed by atoms with Crippen molar-refractivity contribution in [1.29, 1.82) is 0 Å². The molecule has 2 N–H and O–H groups in total. The number of nitrogens with zero attached hydrogens (tertiary/aromatic N) is 1. The van der Waals surface area contributed by atoms with Crippen molar-refractivity contribution >= 4 is 29.5 Å². The van der Waals surface area contributed by atoms with Crippen LogP contribution in [0.1, 0.15) is 25.3 Å². The molecule has 0 atom stereocenters. The van der Waals surface area contributed by atoms with E-state index in [9.17, 15) is 9.59 Å². The van der Waals surface area contributed by atoms with Gasteiger partial charge in [-0.1, -0.05) is 30.3 Å². The van der Waals surface area contributed by atoms with Crippen molar-refractivity contribution < 1.29 is 14.3 Å². The molecule has 0 radical (unpaired) electrons. The number of amides is 2. The Morgan fingerprint density at radius 1 is 1.07 bits per heavy atom. The quantitative estimate of drug-likeness (QED) is 0.574. The Morgan fingerprint density at radius 2 is 1.76 bits per heavy atom. The highest BCUT2D eigenvalue weighted by Crippen LogP contribution is 2.19. The van der Waals surface area contributed by atoms with Gasteiger partial charge in [0, 0.05) is 36.6 Å². The van der Waals surface area contributed by atoms with Gasteiger partial charge < -0.3 is 20.3 Å². The number of hydrogen-bond donors (Lipinski definition) is 2. The third kappa shape index (κ3) is 6.38. The zero-order valence-electron chi connectivity index (χ0n) is 16.6. The molecule has 3 rings (SSSR count). The molecule has 0 saturated carbocycles. The molecule has 1 fully saturated rings. The maximum Gasteiger partial charge on any atom is 0.330 e. The summed E-state index contributed by atoms with van der Waals surface area (Å²) in [6.07, 6.45) is 4.91. The van der Waals surface area contributed by atoms with Crippen molar-refractivity contribution in [3.8, 4) is 0 Å². The Bertz CT molecular complexity index is 826. The van der Waals surface area contributed by atoms with E-state index in [-0.39, 0.29) is 18.0 Å². The summed E-state index contributed by atoms with van der Waals surface area (Å²) in [5, 5.41) is 5.92. The van der Waals surface area contributed by atoms with Crippen molar-refractivity contribution in [3.63, 3.8) is 0 Å². The standard InChI is InChI=1S/C23H27N3O3/c1-2-29-22(27)13-10-18-8-11-19(12-9-18)24-23(28)25-20-14-16-26(17-15-20)21-6-4-3-5-7-21/h3-13,20H,2,14-17H2,1H3,(H2,24,25,28)/b13-10+. The molecule has 2 amide bonds. The maximum absolute atomic E-state index is 12.3. The number of esters is 1. The van der Waals surface area contributed by atoms with Gasteiger partial charge in [0.2, 0.25) is 0 Å². The van der Waals surface area contributed by atoms with Crippen LogP contribution in [0.2, 0.25) is 0 Å². The first-order valence-corrected chi connectivity index (χ1v) is 9.96. The molecule has 1 aliphatic heterocycles. The number of piperidine rings is 1. The third-order valence-corrected chi connectivity index (χ3v) is 4.82. The van der Waals surface area contributed by atoms with Crippen molar-refractivity contribution in [2.24, 2.45) is 0 Å². The highest BCUT2D eigenvalue weighted by atomic mass is 16.5. The van der Waals surface area contributed by atoms with Gasteiger partial charge in [0.1, 0.15) is 0 Å². The van der Waals surface area contributed by atoms with E-state index in [0.29, 0.717) is 12.3 Å². The smallest absolute Gasteiger partial charge is 0.330 e. The second-order valence-corrected chi connectivity index (χ2v) is 6.90. The van der Waals surface area contributed by atoms with Crippen LogP contribution in [0.5, 0.6) is 0 Å². The van der Waals surface area contributed by atoms with Gasteiger partial charge in [-0.2, -0.15) is 0 Å². The first kappa shape index (κ1) is 20.5. The number of anilines is 2. The largest absolute Gasteiger partial charge is 0.463 e. The fourth-order valence-electron chi connectivity index (χ4n) is 3.31. The predicted octanol–water partition coefficient (Wildman–Crippen LogP) is 4.05. The molecule has 2 aromatic rings. The van der Waals surface area contributed by atoms with Crippen LogP contribution in [-0.4, -0.2) is 37.7 Å². The van der Waals surface area contributed by atoms with Crippen LogP contribution in [0.3, 0.4) is 0 Å². The van der Waals surface area contributed by atoms with Crippen LogP contribution >= 0.6 is 0 Å². The van der Waals surface area contributed by atoms with Gasteiger partial charge in [-0.3, -0.25) is 0 Å². The average molecular weight is 393 g/mol. The summed E-state index contributed by atoms with van der Waals surface area (Å²) in [5.74, 6) is -0.368. The van der Waals surface area contributed by atoms with Crippen LogP contribution in [0.4, 0.5) is 16.2 Å². The molecule has 0 aromatic heterocycles. The van der Waals surface area contributed by atoms with Gasteiger partial charge in [0.15, 0.2) is 0 Å². The molecule has 1 heterocycles. The number of ether oxygens (including phenoxy) is 1. The molecule has 0 bridgehead atoms. The van der Waals surface area contributed by atoms with Crippen LogP contribution < -0.4 is 15.5 Å². The molecule has 6 heteroatoms. The Balaban J connectivity index is 1.43. The lowest BCUT2D eigenvalue weighted by atomic mass is 10.0. The number of rotatable bonds is 6. The zero-order valence-corrected chi connectivity index (χ0v) is 16.6. The number of urea groups is 1. The lowest BCUT2D eigenvalue weighted by molar-refractivity contribution is -0.137. The van der Waals surface area contributed by atoms with E-state index in [1.165, 1.54) is 11.8 Å². The van der Waals surface area contributed by atoms with Gasteiger partial charge >= 0.3 is 12.0 Å². The van der Waals surface area contributed by atoms with Gasteiger partial charge in [-0.15, -0.1) is 0 Å². The average Bonchev–Trinajstić information content (AvgIpc) is 2.74. The number of carbonyl (C=O) groups excluding carboxylic acids is 2. The van der Waals surface area contributed by atoms with Crippen molar-refractivity contribution in [3.05, 3.63) is 66.2 Å². The molecular weight excluding hydrogens is 366 g/mol. The minimum atomic E-state index is -0.368. The molecule has 1 saturated heterocycles. The van der Waals surface area contributed by atoms with E-state index >= 15 is 0 Å². The molecule has 1 aliphatic rings. The van der Waals surface area contributed by atoms with Gasteiger partial charge in [-0.25, -0.2) is 9.59 Å². The molecular formula is C23H27N3O3. The maximum atomic E-state index is 12.3. The normalized spacial score (nSPS) is 14.6. The highest BCUT2D eigenvalue weighted by molar-refractivity contribution is 5.90. The van der Waals surface area contributed by atoms with E-state index in [1.807, 2.05) is 42.5 Å². The summed E-state index contributed by atoms with van der Waals surface area (Å²) in [6, 6.07) is 17.6. The molecule has 0 spiro atoms. The third-order valence-electron chi connectivity index (χ3n) is 4.82. The van der Waals surface area contributed by atoms with Gasteiger partial charge in [0.05, 0.1) is 6.61 Å². The fraction of sp³-hybridized carbons (Fsp3) is 0.304. The monoisotopic (exact) mass is 393 g/mol. The number of hydrogen-bond acceptors (Lipinski definition) is 4. The summed E-state index contributed by atoms with van der Waals surface area (Å²) < 4.78 is 4.85. The molecule has 29 heavy (non-hydrogen) atoms. The number of benzene rings is 2. The second kappa shape index (κ2) is 10.3. The van der Waals surface area contributed by atoms with Crippen LogP contribution in [0.15, 0.2) is 60.7 Å².